The first-order valence-corrected chi connectivity index (χ1v) is 11.0. The molecule has 0 spiro atoms. The molecule has 0 aliphatic heterocycles. The predicted octanol–water partition coefficient (Wildman–Crippen LogP) is 4.95. The first kappa shape index (κ1) is 24.8. The third-order valence-electron chi connectivity index (χ3n) is 3.53. The molecular weight excluding hydrogens is 412 g/mol. The SMILES string of the molecule is CCNc1cc(SC)nc(NCC)n1.Cc1cc(Cl)ccc1OCCCC(=O)O. The second-order valence-electron chi connectivity index (χ2n) is 5.94. The van der Waals surface area contributed by atoms with Crippen molar-refractivity contribution in [2.75, 3.05) is 36.6 Å². The fraction of sp³-hybridized carbons (Fsp3) is 0.450. The number of aryl methyl sites for hydroxylation is 1. The average Bonchev–Trinajstić information content (AvgIpc) is 2.67. The van der Waals surface area contributed by atoms with Gasteiger partial charge in [-0.15, -0.1) is 11.8 Å². The predicted molar refractivity (Wildman–Crippen MR) is 121 cm³/mol. The number of carbonyl (C=O) groups is 1. The van der Waals surface area contributed by atoms with Gasteiger partial charge in [-0.1, -0.05) is 11.6 Å². The van der Waals surface area contributed by atoms with Crippen LogP contribution in [0.1, 0.15) is 32.3 Å². The summed E-state index contributed by atoms with van der Waals surface area (Å²) >= 11 is 7.40. The van der Waals surface area contributed by atoms with Gasteiger partial charge in [0, 0.05) is 30.6 Å². The van der Waals surface area contributed by atoms with E-state index in [0.29, 0.717) is 24.0 Å². The maximum absolute atomic E-state index is 10.2. The first-order chi connectivity index (χ1) is 13.9. The Labute approximate surface area is 181 Å². The van der Waals surface area contributed by atoms with Crippen LogP contribution in [0.3, 0.4) is 0 Å². The van der Waals surface area contributed by atoms with Crippen LogP contribution in [-0.2, 0) is 4.79 Å². The highest BCUT2D eigenvalue weighted by atomic mass is 35.5. The van der Waals surface area contributed by atoms with Gasteiger partial charge in [-0.2, -0.15) is 4.98 Å². The molecule has 2 aromatic rings. The number of benzene rings is 1. The lowest BCUT2D eigenvalue weighted by atomic mass is 10.2. The summed E-state index contributed by atoms with van der Waals surface area (Å²) in [5.41, 5.74) is 0.956. The van der Waals surface area contributed by atoms with Crippen LogP contribution in [0.2, 0.25) is 5.02 Å². The minimum atomic E-state index is -0.800. The molecule has 0 radical (unpaired) electrons. The summed E-state index contributed by atoms with van der Waals surface area (Å²) in [5, 5.41) is 16.4. The van der Waals surface area contributed by atoms with Crippen LogP contribution in [0.4, 0.5) is 11.8 Å². The van der Waals surface area contributed by atoms with Crippen molar-refractivity contribution in [2.45, 2.75) is 38.6 Å². The van der Waals surface area contributed by atoms with Crippen molar-refractivity contribution in [3.05, 3.63) is 34.9 Å². The smallest absolute Gasteiger partial charge is 0.303 e. The number of rotatable bonds is 10. The summed E-state index contributed by atoms with van der Waals surface area (Å²) in [4.78, 5) is 18.9. The topological polar surface area (TPSA) is 96.4 Å². The first-order valence-electron chi connectivity index (χ1n) is 9.41. The van der Waals surface area contributed by atoms with Crippen LogP contribution < -0.4 is 15.4 Å². The van der Waals surface area contributed by atoms with E-state index in [0.717, 1.165) is 35.2 Å². The molecule has 1 heterocycles. The molecule has 0 unspecified atom stereocenters. The number of carboxylic acids is 1. The number of aliphatic carboxylic acids is 1. The zero-order valence-corrected chi connectivity index (χ0v) is 18.9. The highest BCUT2D eigenvalue weighted by molar-refractivity contribution is 7.98. The molecule has 9 heteroatoms. The van der Waals surface area contributed by atoms with E-state index < -0.39 is 5.97 Å². The monoisotopic (exact) mass is 440 g/mol. The average molecular weight is 441 g/mol. The molecule has 0 saturated heterocycles. The third-order valence-corrected chi connectivity index (χ3v) is 4.40. The number of thioether (sulfide) groups is 1. The number of carboxylic acid groups (broad SMARTS) is 1. The normalized spacial score (nSPS) is 9.97. The second kappa shape index (κ2) is 13.9. The minimum Gasteiger partial charge on any atom is -0.493 e. The Kier molecular flexibility index (Phi) is 11.9. The molecule has 0 atom stereocenters. The Balaban J connectivity index is 0.000000291. The maximum Gasteiger partial charge on any atom is 0.303 e. The van der Waals surface area contributed by atoms with Gasteiger partial charge < -0.3 is 20.5 Å². The lowest BCUT2D eigenvalue weighted by Crippen LogP contribution is -2.06. The Hall–Kier alpha value is -2.19. The highest BCUT2D eigenvalue weighted by Gasteiger charge is 2.02. The van der Waals surface area contributed by atoms with Gasteiger partial charge in [-0.3, -0.25) is 4.79 Å². The number of halogens is 1. The summed E-state index contributed by atoms with van der Waals surface area (Å²) in [7, 11) is 0. The number of nitrogens with zero attached hydrogens (tertiary/aromatic N) is 2. The van der Waals surface area contributed by atoms with E-state index in [9.17, 15) is 4.79 Å². The molecule has 0 bridgehead atoms. The van der Waals surface area contributed by atoms with Gasteiger partial charge in [0.1, 0.15) is 16.6 Å². The number of nitrogens with one attached hydrogen (secondary N) is 2. The zero-order chi connectivity index (χ0) is 21.6. The molecule has 0 amide bonds. The van der Waals surface area contributed by atoms with Crippen LogP contribution in [0, 0.1) is 6.92 Å². The fourth-order valence-electron chi connectivity index (χ4n) is 2.22. The molecular formula is C20H29ClN4O3S. The summed E-state index contributed by atoms with van der Waals surface area (Å²) in [6.07, 6.45) is 2.65. The lowest BCUT2D eigenvalue weighted by molar-refractivity contribution is -0.137. The summed E-state index contributed by atoms with van der Waals surface area (Å²) in [6.45, 7) is 8.10. The number of anilines is 2. The van der Waals surface area contributed by atoms with Crippen molar-refractivity contribution in [2.24, 2.45) is 0 Å². The van der Waals surface area contributed by atoms with Crippen LogP contribution in [0.15, 0.2) is 29.3 Å². The maximum atomic E-state index is 10.2. The molecule has 7 nitrogen and oxygen atoms in total. The van der Waals surface area contributed by atoms with Crippen molar-refractivity contribution in [3.8, 4) is 5.75 Å². The lowest BCUT2D eigenvalue weighted by Gasteiger charge is -2.08. The quantitative estimate of drug-likeness (QED) is 0.271. The molecule has 1 aromatic carbocycles. The van der Waals surface area contributed by atoms with Gasteiger partial charge in [0.15, 0.2) is 0 Å². The van der Waals surface area contributed by atoms with Gasteiger partial charge in [0.2, 0.25) is 5.95 Å². The molecule has 2 rings (SSSR count). The Bertz CT molecular complexity index is 753. The minimum absolute atomic E-state index is 0.132. The van der Waals surface area contributed by atoms with Crippen molar-refractivity contribution >= 4 is 41.1 Å². The fourth-order valence-corrected chi connectivity index (χ4v) is 2.85. The van der Waals surface area contributed by atoms with Crippen LogP contribution in [0.5, 0.6) is 5.75 Å². The molecule has 1 aromatic heterocycles. The Morgan fingerprint density at radius 1 is 1.21 bits per heavy atom. The standard InChI is InChI=1S/C11H13ClO3.C9H16N4S/c1-8-7-9(12)4-5-10(8)15-6-2-3-11(13)14;1-4-10-7-6-8(14-3)13-9(12-7)11-5-2/h4-5,7H,2-3,6H2,1H3,(H,13,14);6H,4-5H2,1-3H3,(H2,10,11,12,13). The van der Waals surface area contributed by atoms with E-state index in [-0.39, 0.29) is 6.42 Å². The molecule has 160 valence electrons. The summed E-state index contributed by atoms with van der Waals surface area (Å²) < 4.78 is 5.42. The molecule has 0 aliphatic rings. The van der Waals surface area contributed by atoms with E-state index in [4.69, 9.17) is 21.4 Å². The largest absolute Gasteiger partial charge is 0.493 e. The van der Waals surface area contributed by atoms with E-state index in [2.05, 4.69) is 20.6 Å². The summed E-state index contributed by atoms with van der Waals surface area (Å²) in [5.74, 6) is 1.52. The second-order valence-corrected chi connectivity index (χ2v) is 7.20. The molecule has 29 heavy (non-hydrogen) atoms. The number of aromatic nitrogens is 2. The van der Waals surface area contributed by atoms with E-state index in [1.165, 1.54) is 0 Å². The van der Waals surface area contributed by atoms with Crippen molar-refractivity contribution in [3.63, 3.8) is 0 Å². The Morgan fingerprint density at radius 2 is 1.93 bits per heavy atom. The number of ether oxygens (including phenoxy) is 1. The van der Waals surface area contributed by atoms with Crippen LogP contribution >= 0.6 is 23.4 Å². The summed E-state index contributed by atoms with van der Waals surface area (Å²) in [6, 6.07) is 7.31. The number of hydrogen-bond donors (Lipinski definition) is 3. The van der Waals surface area contributed by atoms with E-state index in [1.807, 2.05) is 39.2 Å². The molecule has 0 saturated carbocycles. The molecule has 0 fully saturated rings. The van der Waals surface area contributed by atoms with Crippen LogP contribution in [-0.4, -0.2) is 47.0 Å². The molecule has 3 N–H and O–H groups in total. The van der Waals surface area contributed by atoms with Crippen molar-refractivity contribution < 1.29 is 14.6 Å². The van der Waals surface area contributed by atoms with Crippen molar-refractivity contribution in [1.29, 1.82) is 0 Å². The highest BCUT2D eigenvalue weighted by Crippen LogP contribution is 2.22. The van der Waals surface area contributed by atoms with Gasteiger partial charge in [0.25, 0.3) is 0 Å². The van der Waals surface area contributed by atoms with Crippen LogP contribution in [0.25, 0.3) is 0 Å². The zero-order valence-electron chi connectivity index (χ0n) is 17.3. The van der Waals surface area contributed by atoms with E-state index >= 15 is 0 Å². The van der Waals surface area contributed by atoms with Gasteiger partial charge in [-0.25, -0.2) is 4.98 Å². The number of hydrogen-bond acceptors (Lipinski definition) is 7. The van der Waals surface area contributed by atoms with Crippen molar-refractivity contribution in [1.82, 2.24) is 9.97 Å². The Morgan fingerprint density at radius 3 is 2.52 bits per heavy atom. The van der Waals surface area contributed by atoms with E-state index in [1.54, 1.807) is 23.9 Å². The van der Waals surface area contributed by atoms with Gasteiger partial charge in [0.05, 0.1) is 6.61 Å². The third kappa shape index (κ3) is 10.2. The van der Waals surface area contributed by atoms with Gasteiger partial charge in [-0.05, 0) is 57.2 Å². The molecule has 0 aliphatic carbocycles. The van der Waals surface area contributed by atoms with Gasteiger partial charge >= 0.3 is 5.97 Å².